The number of rotatable bonds is 3. The van der Waals surface area contributed by atoms with Crippen LogP contribution in [0.1, 0.15) is 29.5 Å². The number of benzene rings is 2. The molecule has 4 rings (SSSR count). The summed E-state index contributed by atoms with van der Waals surface area (Å²) in [6, 6.07) is 18.1. The van der Waals surface area contributed by atoms with Crippen molar-refractivity contribution in [2.24, 2.45) is 0 Å². The van der Waals surface area contributed by atoms with Gasteiger partial charge in [-0.15, -0.1) is 0 Å². The lowest BCUT2D eigenvalue weighted by atomic mass is 10.0. The highest BCUT2D eigenvalue weighted by Gasteiger charge is 2.09. The Labute approximate surface area is 153 Å². The molecule has 0 atom stereocenters. The van der Waals surface area contributed by atoms with Gasteiger partial charge in [-0.25, -0.2) is 0 Å². The third kappa shape index (κ3) is 3.87. The molecule has 0 unspecified atom stereocenters. The van der Waals surface area contributed by atoms with Crippen LogP contribution in [0.15, 0.2) is 59.4 Å². The fourth-order valence-electron chi connectivity index (χ4n) is 3.47. The summed E-state index contributed by atoms with van der Waals surface area (Å²) < 4.78 is 0. The van der Waals surface area contributed by atoms with Crippen LogP contribution in [-0.2, 0) is 6.42 Å². The van der Waals surface area contributed by atoms with Crippen LogP contribution in [-0.4, -0.2) is 29.5 Å². The molecule has 1 aromatic heterocycles. The van der Waals surface area contributed by atoms with Gasteiger partial charge in [-0.05, 0) is 61.1 Å². The molecule has 0 saturated carbocycles. The molecule has 3 nitrogen and oxygen atoms in total. The molecule has 0 aliphatic carbocycles. The number of aromatic amines is 1. The van der Waals surface area contributed by atoms with Gasteiger partial charge in [0.2, 0.25) is 0 Å². The summed E-state index contributed by atoms with van der Waals surface area (Å²) in [6.07, 6.45) is 3.21. The van der Waals surface area contributed by atoms with Gasteiger partial charge >= 0.3 is 0 Å². The lowest BCUT2D eigenvalue weighted by Gasteiger charge is -2.08. The van der Waals surface area contributed by atoms with Gasteiger partial charge in [0, 0.05) is 23.1 Å². The van der Waals surface area contributed by atoms with Gasteiger partial charge in [0.05, 0.1) is 6.54 Å². The Morgan fingerprint density at radius 2 is 1.81 bits per heavy atom. The van der Waals surface area contributed by atoms with Crippen LogP contribution in [0.3, 0.4) is 0 Å². The normalized spacial score (nSPS) is 14.3. The van der Waals surface area contributed by atoms with Gasteiger partial charge in [0.15, 0.2) is 0 Å². The van der Waals surface area contributed by atoms with Crippen molar-refractivity contribution in [3.8, 4) is 11.8 Å². The Morgan fingerprint density at radius 1 is 1.00 bits per heavy atom. The lowest BCUT2D eigenvalue weighted by Crippen LogP contribution is -2.18. The Kier molecular flexibility index (Phi) is 4.86. The summed E-state index contributed by atoms with van der Waals surface area (Å²) in [7, 11) is 0. The number of H-pyrrole nitrogens is 1. The van der Waals surface area contributed by atoms with Crippen LogP contribution >= 0.6 is 0 Å². The molecule has 1 saturated heterocycles. The predicted octanol–water partition coefficient (Wildman–Crippen LogP) is 3.57. The number of hydrogen-bond acceptors (Lipinski definition) is 2. The molecule has 0 spiro atoms. The summed E-state index contributed by atoms with van der Waals surface area (Å²) in [6.45, 7) is 3.16. The van der Waals surface area contributed by atoms with Crippen molar-refractivity contribution in [3.63, 3.8) is 0 Å². The van der Waals surface area contributed by atoms with Crippen molar-refractivity contribution < 1.29 is 0 Å². The van der Waals surface area contributed by atoms with E-state index in [0.29, 0.717) is 6.42 Å². The molecule has 1 aliphatic heterocycles. The van der Waals surface area contributed by atoms with Gasteiger partial charge in [-0.3, -0.25) is 9.69 Å². The van der Waals surface area contributed by atoms with Crippen molar-refractivity contribution in [1.82, 2.24) is 9.88 Å². The molecule has 1 aliphatic rings. The maximum atomic E-state index is 12.4. The van der Waals surface area contributed by atoms with Crippen molar-refractivity contribution in [3.05, 3.63) is 81.6 Å². The van der Waals surface area contributed by atoms with Gasteiger partial charge in [0.25, 0.3) is 5.56 Å². The molecule has 3 heteroatoms. The topological polar surface area (TPSA) is 36.1 Å². The Morgan fingerprint density at radius 3 is 2.62 bits per heavy atom. The van der Waals surface area contributed by atoms with E-state index < -0.39 is 0 Å². The first kappa shape index (κ1) is 16.6. The average molecular weight is 342 g/mol. The van der Waals surface area contributed by atoms with Crippen LogP contribution < -0.4 is 5.56 Å². The molecule has 3 aromatic rings. The van der Waals surface area contributed by atoms with E-state index in [9.17, 15) is 4.79 Å². The summed E-state index contributed by atoms with van der Waals surface area (Å²) in [5.74, 6) is 6.54. The van der Waals surface area contributed by atoms with Crippen LogP contribution in [0, 0.1) is 11.8 Å². The molecule has 1 N–H and O–H groups in total. The molecule has 1 fully saturated rings. The highest BCUT2D eigenvalue weighted by molar-refractivity contribution is 5.80. The van der Waals surface area contributed by atoms with Crippen molar-refractivity contribution in [2.75, 3.05) is 19.6 Å². The van der Waals surface area contributed by atoms with E-state index in [1.54, 1.807) is 0 Å². The fourth-order valence-corrected chi connectivity index (χ4v) is 3.47. The molecule has 2 aromatic carbocycles. The molecule has 26 heavy (non-hydrogen) atoms. The summed E-state index contributed by atoms with van der Waals surface area (Å²) in [4.78, 5) is 17.7. The van der Waals surface area contributed by atoms with E-state index in [1.807, 2.05) is 48.5 Å². The summed E-state index contributed by atoms with van der Waals surface area (Å²) in [5.41, 5.74) is 3.75. The van der Waals surface area contributed by atoms with Gasteiger partial charge in [-0.2, -0.15) is 0 Å². The zero-order valence-electron chi connectivity index (χ0n) is 14.8. The average Bonchev–Trinajstić information content (AvgIpc) is 3.17. The highest BCUT2D eigenvalue weighted by Crippen LogP contribution is 2.15. The van der Waals surface area contributed by atoms with E-state index >= 15 is 0 Å². The standard InChI is InChI=1S/C23H22N2O/c26-23-21(16-18-7-2-1-3-8-18)17-20-15-19(10-11-22(20)24-23)9-6-14-25-12-4-5-13-25/h1-3,7-8,10-11,15,17H,4-5,12-14,16H2,(H,24,26). The first-order valence-electron chi connectivity index (χ1n) is 9.19. The number of hydrogen-bond donors (Lipinski definition) is 1. The van der Waals surface area contributed by atoms with Crippen molar-refractivity contribution in [2.45, 2.75) is 19.3 Å². The van der Waals surface area contributed by atoms with E-state index in [1.165, 1.54) is 12.8 Å². The second-order valence-corrected chi connectivity index (χ2v) is 6.87. The van der Waals surface area contributed by atoms with E-state index in [4.69, 9.17) is 0 Å². The molecular formula is C23H22N2O. The smallest absolute Gasteiger partial charge is 0.251 e. The van der Waals surface area contributed by atoms with Crippen LogP contribution in [0.5, 0.6) is 0 Å². The first-order valence-corrected chi connectivity index (χ1v) is 9.19. The van der Waals surface area contributed by atoms with Gasteiger partial charge < -0.3 is 4.98 Å². The third-order valence-electron chi connectivity index (χ3n) is 4.89. The van der Waals surface area contributed by atoms with Gasteiger partial charge in [0.1, 0.15) is 0 Å². The summed E-state index contributed by atoms with van der Waals surface area (Å²) >= 11 is 0. The Bertz CT molecular complexity index is 1020. The molecule has 0 radical (unpaired) electrons. The number of nitrogens with zero attached hydrogens (tertiary/aromatic N) is 1. The molecule has 130 valence electrons. The molecule has 0 bridgehead atoms. The first-order chi connectivity index (χ1) is 12.8. The van der Waals surface area contributed by atoms with Gasteiger partial charge in [-0.1, -0.05) is 42.2 Å². The zero-order chi connectivity index (χ0) is 17.8. The lowest BCUT2D eigenvalue weighted by molar-refractivity contribution is 0.383. The van der Waals surface area contributed by atoms with Crippen LogP contribution in [0.2, 0.25) is 0 Å². The maximum Gasteiger partial charge on any atom is 0.251 e. The Balaban J connectivity index is 1.59. The largest absolute Gasteiger partial charge is 0.322 e. The fraction of sp³-hybridized carbons (Fsp3) is 0.261. The van der Waals surface area contributed by atoms with Crippen molar-refractivity contribution >= 4 is 10.9 Å². The maximum absolute atomic E-state index is 12.4. The minimum atomic E-state index is -0.0192. The quantitative estimate of drug-likeness (QED) is 0.739. The second kappa shape index (κ2) is 7.59. The van der Waals surface area contributed by atoms with E-state index in [-0.39, 0.29) is 5.56 Å². The van der Waals surface area contributed by atoms with Crippen LogP contribution in [0.4, 0.5) is 0 Å². The minimum absolute atomic E-state index is 0.0192. The molecular weight excluding hydrogens is 320 g/mol. The molecule has 0 amide bonds. The second-order valence-electron chi connectivity index (χ2n) is 6.87. The number of likely N-dealkylation sites (tertiary alicyclic amines) is 1. The zero-order valence-corrected chi connectivity index (χ0v) is 14.8. The van der Waals surface area contributed by atoms with E-state index in [2.05, 4.69) is 27.8 Å². The highest BCUT2D eigenvalue weighted by atomic mass is 16.1. The minimum Gasteiger partial charge on any atom is -0.322 e. The van der Waals surface area contributed by atoms with E-state index in [0.717, 1.165) is 47.2 Å². The SMILES string of the molecule is O=c1[nH]c2ccc(C#CCN3CCCC3)cc2cc1Cc1ccccc1. The summed E-state index contributed by atoms with van der Waals surface area (Å²) in [5, 5.41) is 1.03. The van der Waals surface area contributed by atoms with Crippen LogP contribution in [0.25, 0.3) is 10.9 Å². The number of nitrogens with one attached hydrogen (secondary N) is 1. The Hall–Kier alpha value is -2.83. The third-order valence-corrected chi connectivity index (χ3v) is 4.89. The van der Waals surface area contributed by atoms with Crippen molar-refractivity contribution in [1.29, 1.82) is 0 Å². The monoisotopic (exact) mass is 342 g/mol. The number of aromatic nitrogens is 1. The predicted molar refractivity (Wildman–Crippen MR) is 106 cm³/mol. The number of pyridine rings is 1. The molecule has 2 heterocycles. The number of fused-ring (bicyclic) bond motifs is 1.